The lowest BCUT2D eigenvalue weighted by Crippen LogP contribution is -1.99. The van der Waals surface area contributed by atoms with Crippen LogP contribution in [0.25, 0.3) is 0 Å². The first kappa shape index (κ1) is 14.4. The quantitative estimate of drug-likeness (QED) is 0.932. The highest BCUT2D eigenvalue weighted by molar-refractivity contribution is 6.32. The zero-order valence-electron chi connectivity index (χ0n) is 10.1. The average molecular weight is 315 g/mol. The van der Waals surface area contributed by atoms with E-state index in [0.717, 1.165) is 0 Å². The zero-order valence-corrected chi connectivity index (χ0v) is 11.6. The largest absolute Gasteiger partial charge is 0.493 e. The van der Waals surface area contributed by atoms with E-state index in [-0.39, 0.29) is 27.4 Å². The number of hydrogen-bond donors (Lipinski definition) is 1. The second-order valence-electron chi connectivity index (χ2n) is 3.59. The Kier molecular flexibility index (Phi) is 4.26. The first-order valence-corrected chi connectivity index (χ1v) is 6.04. The molecule has 0 saturated carbocycles. The van der Waals surface area contributed by atoms with Crippen molar-refractivity contribution in [1.82, 2.24) is 10.2 Å². The second kappa shape index (κ2) is 5.94. The number of methoxy groups -OCH3 is 1. The van der Waals surface area contributed by atoms with Crippen LogP contribution in [0.4, 0.5) is 0 Å². The predicted octanol–water partition coefficient (Wildman–Crippen LogP) is 3.28. The molecule has 0 aliphatic rings. The number of carboxylic acids is 1. The Bertz CT molecular complexity index is 664. The van der Waals surface area contributed by atoms with E-state index in [2.05, 4.69) is 10.2 Å². The van der Waals surface area contributed by atoms with Gasteiger partial charge in [0.05, 0.1) is 12.7 Å². The summed E-state index contributed by atoms with van der Waals surface area (Å²) in [6.07, 6.45) is 0. The first-order valence-electron chi connectivity index (χ1n) is 5.29. The van der Waals surface area contributed by atoms with E-state index < -0.39 is 5.97 Å². The van der Waals surface area contributed by atoms with Crippen LogP contribution in [0.15, 0.2) is 24.3 Å². The molecule has 20 heavy (non-hydrogen) atoms. The van der Waals surface area contributed by atoms with Crippen LogP contribution in [0.2, 0.25) is 10.3 Å². The van der Waals surface area contributed by atoms with Crippen molar-refractivity contribution in [3.05, 3.63) is 40.1 Å². The highest BCUT2D eigenvalue weighted by Crippen LogP contribution is 2.35. The Morgan fingerprint density at radius 3 is 2.55 bits per heavy atom. The van der Waals surface area contributed by atoms with E-state index in [1.54, 1.807) is 0 Å². The number of nitrogens with zero attached hydrogens (tertiary/aromatic N) is 2. The van der Waals surface area contributed by atoms with E-state index in [4.69, 9.17) is 37.8 Å². The van der Waals surface area contributed by atoms with Crippen LogP contribution in [0, 0.1) is 0 Å². The molecule has 1 N–H and O–H groups in total. The van der Waals surface area contributed by atoms with E-state index in [1.807, 2.05) is 0 Å². The van der Waals surface area contributed by atoms with Crippen LogP contribution in [-0.4, -0.2) is 28.4 Å². The van der Waals surface area contributed by atoms with E-state index in [9.17, 15) is 4.79 Å². The molecule has 0 aliphatic carbocycles. The third-order valence-electron chi connectivity index (χ3n) is 2.32. The van der Waals surface area contributed by atoms with Gasteiger partial charge in [0.1, 0.15) is 0 Å². The highest BCUT2D eigenvalue weighted by atomic mass is 35.5. The summed E-state index contributed by atoms with van der Waals surface area (Å²) in [5, 5.41) is 16.2. The molecule has 1 aromatic heterocycles. The topological polar surface area (TPSA) is 81.5 Å². The molecule has 0 atom stereocenters. The number of carboxylic acid groups (broad SMARTS) is 1. The molecule has 104 valence electrons. The summed E-state index contributed by atoms with van der Waals surface area (Å²) in [6, 6.07) is 5.55. The van der Waals surface area contributed by atoms with Gasteiger partial charge in [0.15, 0.2) is 27.6 Å². The predicted molar refractivity (Wildman–Crippen MR) is 72.1 cm³/mol. The van der Waals surface area contributed by atoms with E-state index in [1.165, 1.54) is 31.4 Å². The molecular weight excluding hydrogens is 307 g/mol. The molecule has 0 fully saturated rings. The third kappa shape index (κ3) is 3.09. The molecule has 6 nitrogen and oxygen atoms in total. The summed E-state index contributed by atoms with van der Waals surface area (Å²) in [5.74, 6) is -0.417. The van der Waals surface area contributed by atoms with E-state index in [0.29, 0.717) is 5.75 Å². The fraction of sp³-hybridized carbons (Fsp3) is 0.0833. The fourth-order valence-electron chi connectivity index (χ4n) is 1.42. The van der Waals surface area contributed by atoms with Crippen molar-refractivity contribution in [2.45, 2.75) is 0 Å². The molecule has 0 amide bonds. The van der Waals surface area contributed by atoms with Crippen molar-refractivity contribution in [3.63, 3.8) is 0 Å². The van der Waals surface area contributed by atoms with Gasteiger partial charge < -0.3 is 14.6 Å². The number of hydrogen-bond acceptors (Lipinski definition) is 5. The molecule has 0 unspecified atom stereocenters. The number of aromatic nitrogens is 2. The summed E-state index contributed by atoms with van der Waals surface area (Å²) in [5.41, 5.74) is 0.0463. The summed E-state index contributed by atoms with van der Waals surface area (Å²) in [4.78, 5) is 11.0. The SMILES string of the molecule is COc1ccc(C(=O)O)cc1Oc1cc(Cl)nnc1Cl. The minimum absolute atomic E-state index is 0.00261. The maximum Gasteiger partial charge on any atom is 0.335 e. The van der Waals surface area contributed by atoms with Crippen molar-refractivity contribution in [2.24, 2.45) is 0 Å². The fourth-order valence-corrected chi connectivity index (χ4v) is 1.68. The summed E-state index contributed by atoms with van der Waals surface area (Å²) in [7, 11) is 1.43. The summed E-state index contributed by atoms with van der Waals surface area (Å²) >= 11 is 11.5. The Morgan fingerprint density at radius 1 is 1.15 bits per heavy atom. The van der Waals surface area contributed by atoms with Gasteiger partial charge in [-0.05, 0) is 18.2 Å². The summed E-state index contributed by atoms with van der Waals surface area (Å²) in [6.45, 7) is 0. The molecule has 2 rings (SSSR count). The molecule has 1 aromatic carbocycles. The van der Waals surface area contributed by atoms with Gasteiger partial charge >= 0.3 is 5.97 Å². The number of ether oxygens (including phenoxy) is 2. The Labute approximate surface area is 123 Å². The Balaban J connectivity index is 2.43. The van der Waals surface area contributed by atoms with Crippen LogP contribution in [0.1, 0.15) is 10.4 Å². The zero-order chi connectivity index (χ0) is 14.7. The number of carbonyl (C=O) groups is 1. The number of aromatic carboxylic acids is 1. The Morgan fingerprint density at radius 2 is 1.90 bits per heavy atom. The third-order valence-corrected chi connectivity index (χ3v) is 2.76. The molecule has 0 aliphatic heterocycles. The van der Waals surface area contributed by atoms with Gasteiger partial charge in [-0.3, -0.25) is 0 Å². The maximum atomic E-state index is 11.0. The van der Waals surface area contributed by atoms with Crippen molar-refractivity contribution in [3.8, 4) is 17.2 Å². The van der Waals surface area contributed by atoms with Gasteiger partial charge in [-0.2, -0.15) is 0 Å². The van der Waals surface area contributed by atoms with Crippen molar-refractivity contribution < 1.29 is 19.4 Å². The van der Waals surface area contributed by atoms with Gasteiger partial charge in [-0.25, -0.2) is 4.79 Å². The first-order chi connectivity index (χ1) is 9.51. The molecule has 2 aromatic rings. The van der Waals surface area contributed by atoms with Crippen LogP contribution in [0.3, 0.4) is 0 Å². The summed E-state index contributed by atoms with van der Waals surface area (Å²) < 4.78 is 10.6. The van der Waals surface area contributed by atoms with Gasteiger partial charge in [0.25, 0.3) is 0 Å². The minimum Gasteiger partial charge on any atom is -0.493 e. The van der Waals surface area contributed by atoms with Gasteiger partial charge in [0, 0.05) is 6.07 Å². The second-order valence-corrected chi connectivity index (χ2v) is 4.34. The lowest BCUT2D eigenvalue weighted by atomic mass is 10.2. The maximum absolute atomic E-state index is 11.0. The van der Waals surface area contributed by atoms with Crippen molar-refractivity contribution in [1.29, 1.82) is 0 Å². The number of halogens is 2. The molecular formula is C12H8Cl2N2O4. The van der Waals surface area contributed by atoms with Crippen LogP contribution < -0.4 is 9.47 Å². The van der Waals surface area contributed by atoms with Crippen molar-refractivity contribution in [2.75, 3.05) is 7.11 Å². The van der Waals surface area contributed by atoms with Crippen LogP contribution >= 0.6 is 23.2 Å². The van der Waals surface area contributed by atoms with Gasteiger partial charge in [-0.15, -0.1) is 10.2 Å². The van der Waals surface area contributed by atoms with Gasteiger partial charge in [0.2, 0.25) is 0 Å². The van der Waals surface area contributed by atoms with Crippen molar-refractivity contribution >= 4 is 29.2 Å². The lowest BCUT2D eigenvalue weighted by Gasteiger charge is -2.11. The Hall–Kier alpha value is -2.05. The normalized spacial score (nSPS) is 10.2. The smallest absolute Gasteiger partial charge is 0.335 e. The lowest BCUT2D eigenvalue weighted by molar-refractivity contribution is 0.0696. The monoisotopic (exact) mass is 314 g/mol. The molecule has 0 bridgehead atoms. The van der Waals surface area contributed by atoms with Gasteiger partial charge in [-0.1, -0.05) is 23.2 Å². The van der Waals surface area contributed by atoms with Crippen LogP contribution in [0.5, 0.6) is 17.2 Å². The highest BCUT2D eigenvalue weighted by Gasteiger charge is 2.13. The minimum atomic E-state index is -1.09. The van der Waals surface area contributed by atoms with Crippen LogP contribution in [-0.2, 0) is 0 Å². The molecule has 0 spiro atoms. The molecule has 8 heteroatoms. The van der Waals surface area contributed by atoms with E-state index >= 15 is 0 Å². The number of benzene rings is 1. The standard InChI is InChI=1S/C12H8Cl2N2O4/c1-19-7-3-2-6(12(17)18)4-8(7)20-9-5-10(13)15-16-11(9)14/h2-5H,1H3,(H,17,18). The molecule has 1 heterocycles. The molecule has 0 saturated heterocycles. The molecule has 0 radical (unpaired) electrons. The average Bonchev–Trinajstić information content (AvgIpc) is 2.42. The number of rotatable bonds is 4.